The van der Waals surface area contributed by atoms with E-state index in [0.29, 0.717) is 5.92 Å². The highest BCUT2D eigenvalue weighted by molar-refractivity contribution is 5.82. The van der Waals surface area contributed by atoms with Crippen LogP contribution >= 0.6 is 0 Å². The number of H-pyrrole nitrogens is 1. The molecule has 1 aliphatic carbocycles. The molecule has 1 fully saturated rings. The summed E-state index contributed by atoms with van der Waals surface area (Å²) >= 11 is 0. The van der Waals surface area contributed by atoms with Gasteiger partial charge in [-0.05, 0) is 18.9 Å². The normalized spacial score (nSPS) is 15.4. The van der Waals surface area contributed by atoms with E-state index in [-0.39, 0.29) is 0 Å². The van der Waals surface area contributed by atoms with Crippen molar-refractivity contribution in [3.63, 3.8) is 0 Å². The molecule has 0 spiro atoms. The van der Waals surface area contributed by atoms with Crippen molar-refractivity contribution < 1.29 is 0 Å². The Labute approximate surface area is 104 Å². The molecule has 1 aliphatic rings. The zero-order chi connectivity index (χ0) is 12.1. The van der Waals surface area contributed by atoms with E-state index in [4.69, 9.17) is 0 Å². The lowest BCUT2D eigenvalue weighted by molar-refractivity contribution is 0.797. The fourth-order valence-corrected chi connectivity index (χ4v) is 2.38. The van der Waals surface area contributed by atoms with Gasteiger partial charge in [0.15, 0.2) is 0 Å². The molecule has 4 rings (SSSR count). The summed E-state index contributed by atoms with van der Waals surface area (Å²) in [4.78, 5) is 4.52. The average Bonchev–Trinajstić information content (AvgIpc) is 3.01. The summed E-state index contributed by atoms with van der Waals surface area (Å²) < 4.78 is 1.87. The first kappa shape index (κ1) is 9.82. The summed E-state index contributed by atoms with van der Waals surface area (Å²) in [5.41, 5.74) is 4.43. The van der Waals surface area contributed by atoms with Crippen LogP contribution in [0.15, 0.2) is 24.7 Å². The molecule has 0 saturated heterocycles. The SMILES string of the molecule is Cn1ncc2cnc(-c3cn[nH]c3C3CC3)cc21. The summed E-state index contributed by atoms with van der Waals surface area (Å²) in [7, 11) is 1.95. The van der Waals surface area contributed by atoms with Gasteiger partial charge in [-0.1, -0.05) is 0 Å². The molecule has 3 aromatic rings. The molecule has 3 aromatic heterocycles. The zero-order valence-electron chi connectivity index (χ0n) is 10.1. The van der Waals surface area contributed by atoms with Gasteiger partial charge >= 0.3 is 0 Å². The Morgan fingerprint density at radius 3 is 3.00 bits per heavy atom. The van der Waals surface area contributed by atoms with E-state index in [9.17, 15) is 0 Å². The Bertz CT molecular complexity index is 720. The van der Waals surface area contributed by atoms with Gasteiger partial charge < -0.3 is 0 Å². The Kier molecular flexibility index (Phi) is 1.86. The molecule has 0 unspecified atom stereocenters. The first-order valence-corrected chi connectivity index (χ1v) is 6.14. The Morgan fingerprint density at radius 2 is 2.17 bits per heavy atom. The van der Waals surface area contributed by atoms with Gasteiger partial charge in [-0.2, -0.15) is 10.2 Å². The minimum atomic E-state index is 0.645. The van der Waals surface area contributed by atoms with Gasteiger partial charge in [0.25, 0.3) is 0 Å². The van der Waals surface area contributed by atoms with E-state index >= 15 is 0 Å². The summed E-state index contributed by atoms with van der Waals surface area (Å²) in [5.74, 6) is 0.645. The van der Waals surface area contributed by atoms with Gasteiger partial charge in [0.2, 0.25) is 0 Å². The molecule has 0 radical (unpaired) electrons. The van der Waals surface area contributed by atoms with Crippen LogP contribution in [0.2, 0.25) is 0 Å². The van der Waals surface area contributed by atoms with Crippen LogP contribution < -0.4 is 0 Å². The highest BCUT2D eigenvalue weighted by atomic mass is 15.2. The predicted molar refractivity (Wildman–Crippen MR) is 68.1 cm³/mol. The fraction of sp³-hybridized carbons (Fsp3) is 0.308. The number of fused-ring (bicyclic) bond motifs is 1. The summed E-state index contributed by atoms with van der Waals surface area (Å²) in [6, 6.07) is 2.08. The van der Waals surface area contributed by atoms with Crippen molar-refractivity contribution in [2.24, 2.45) is 7.05 Å². The molecule has 1 N–H and O–H groups in total. The number of aryl methyl sites for hydroxylation is 1. The third-order valence-corrected chi connectivity index (χ3v) is 3.56. The lowest BCUT2D eigenvalue weighted by Gasteiger charge is -2.02. The van der Waals surface area contributed by atoms with Crippen LogP contribution in [-0.2, 0) is 7.05 Å². The van der Waals surface area contributed by atoms with Crippen LogP contribution in [0.1, 0.15) is 24.5 Å². The number of aromatic amines is 1. The molecule has 5 heteroatoms. The van der Waals surface area contributed by atoms with E-state index in [1.807, 2.05) is 30.3 Å². The molecule has 0 aromatic carbocycles. The smallest absolute Gasteiger partial charge is 0.0758 e. The Morgan fingerprint density at radius 1 is 1.28 bits per heavy atom. The molecule has 3 heterocycles. The maximum absolute atomic E-state index is 4.52. The Balaban J connectivity index is 1.90. The van der Waals surface area contributed by atoms with Gasteiger partial charge in [0, 0.05) is 35.8 Å². The second kappa shape index (κ2) is 3.41. The van der Waals surface area contributed by atoms with Gasteiger partial charge in [-0.25, -0.2) is 0 Å². The minimum absolute atomic E-state index is 0.645. The number of rotatable bonds is 2. The minimum Gasteiger partial charge on any atom is -0.282 e. The van der Waals surface area contributed by atoms with Crippen molar-refractivity contribution in [2.45, 2.75) is 18.8 Å². The lowest BCUT2D eigenvalue weighted by atomic mass is 10.1. The van der Waals surface area contributed by atoms with Crippen molar-refractivity contribution in [2.75, 3.05) is 0 Å². The molecule has 18 heavy (non-hydrogen) atoms. The summed E-state index contributed by atoms with van der Waals surface area (Å²) in [6.45, 7) is 0. The van der Waals surface area contributed by atoms with Crippen molar-refractivity contribution in [3.05, 3.63) is 30.4 Å². The van der Waals surface area contributed by atoms with Gasteiger partial charge in [0.05, 0.1) is 23.6 Å². The standard InChI is InChI=1S/C13H13N5/c1-18-12-4-11(14-5-9(12)6-16-18)10-7-15-17-13(10)8-2-3-8/h4-8H,2-3H2,1H3,(H,15,17). The molecule has 0 bridgehead atoms. The average molecular weight is 239 g/mol. The van der Waals surface area contributed by atoms with Crippen LogP contribution in [0.3, 0.4) is 0 Å². The number of aromatic nitrogens is 5. The van der Waals surface area contributed by atoms with E-state index in [0.717, 1.165) is 22.2 Å². The van der Waals surface area contributed by atoms with E-state index in [1.165, 1.54) is 18.5 Å². The largest absolute Gasteiger partial charge is 0.282 e. The van der Waals surface area contributed by atoms with Crippen LogP contribution in [0, 0.1) is 0 Å². The molecule has 1 saturated carbocycles. The lowest BCUT2D eigenvalue weighted by Crippen LogP contribution is -1.91. The molecular weight excluding hydrogens is 226 g/mol. The number of nitrogens with zero attached hydrogens (tertiary/aromatic N) is 4. The van der Waals surface area contributed by atoms with Crippen LogP contribution in [0.25, 0.3) is 22.2 Å². The second-order valence-corrected chi connectivity index (χ2v) is 4.87. The van der Waals surface area contributed by atoms with E-state index in [2.05, 4.69) is 26.3 Å². The van der Waals surface area contributed by atoms with Crippen molar-refractivity contribution >= 4 is 10.9 Å². The summed E-state index contributed by atoms with van der Waals surface area (Å²) in [5, 5.41) is 12.6. The highest BCUT2D eigenvalue weighted by Gasteiger charge is 2.28. The van der Waals surface area contributed by atoms with Crippen LogP contribution in [0.4, 0.5) is 0 Å². The number of hydrogen-bond donors (Lipinski definition) is 1. The van der Waals surface area contributed by atoms with Gasteiger partial charge in [-0.3, -0.25) is 14.8 Å². The van der Waals surface area contributed by atoms with Crippen LogP contribution in [-0.4, -0.2) is 25.0 Å². The fourth-order valence-electron chi connectivity index (χ4n) is 2.38. The topological polar surface area (TPSA) is 59.4 Å². The second-order valence-electron chi connectivity index (χ2n) is 4.87. The van der Waals surface area contributed by atoms with E-state index < -0.39 is 0 Å². The molecule has 0 amide bonds. The third-order valence-electron chi connectivity index (χ3n) is 3.56. The molecule has 0 aliphatic heterocycles. The maximum Gasteiger partial charge on any atom is 0.0758 e. The first-order valence-electron chi connectivity index (χ1n) is 6.14. The van der Waals surface area contributed by atoms with Crippen molar-refractivity contribution in [1.29, 1.82) is 0 Å². The third kappa shape index (κ3) is 1.37. The number of pyridine rings is 1. The quantitative estimate of drug-likeness (QED) is 0.746. The van der Waals surface area contributed by atoms with E-state index in [1.54, 1.807) is 0 Å². The molecule has 0 atom stereocenters. The van der Waals surface area contributed by atoms with Gasteiger partial charge in [-0.15, -0.1) is 0 Å². The monoisotopic (exact) mass is 239 g/mol. The summed E-state index contributed by atoms with van der Waals surface area (Å²) in [6.07, 6.45) is 8.09. The first-order chi connectivity index (χ1) is 8.83. The maximum atomic E-state index is 4.52. The number of nitrogens with one attached hydrogen (secondary N) is 1. The zero-order valence-corrected chi connectivity index (χ0v) is 10.1. The molecule has 5 nitrogen and oxygen atoms in total. The van der Waals surface area contributed by atoms with Crippen LogP contribution in [0.5, 0.6) is 0 Å². The van der Waals surface area contributed by atoms with Crippen molar-refractivity contribution in [3.8, 4) is 11.3 Å². The Hall–Kier alpha value is -2.17. The predicted octanol–water partition coefficient (Wildman–Crippen LogP) is 2.24. The molecular formula is C13H13N5. The highest BCUT2D eigenvalue weighted by Crippen LogP contribution is 2.42. The van der Waals surface area contributed by atoms with Crippen molar-refractivity contribution in [1.82, 2.24) is 25.0 Å². The molecule has 90 valence electrons. The number of hydrogen-bond acceptors (Lipinski definition) is 3. The van der Waals surface area contributed by atoms with Gasteiger partial charge in [0.1, 0.15) is 0 Å².